The number of nitrogens with two attached hydrogens (primary N) is 1. The van der Waals surface area contributed by atoms with Crippen LogP contribution in [-0.2, 0) is 22.2 Å². The quantitative estimate of drug-likeness (QED) is 0.467. The summed E-state index contributed by atoms with van der Waals surface area (Å²) < 4.78 is 33.0. The number of Topliss-reactive ketones (excluding diaryl/α,β-unsaturated/α-hetero) is 1. The number of ketones is 1. The Kier molecular flexibility index (Phi) is 5.76. The molecule has 1 amide bonds. The van der Waals surface area contributed by atoms with E-state index in [0.29, 0.717) is 0 Å². The zero-order valence-electron chi connectivity index (χ0n) is 15.0. The third kappa shape index (κ3) is 3.96. The lowest BCUT2D eigenvalue weighted by Gasteiger charge is -2.23. The summed E-state index contributed by atoms with van der Waals surface area (Å²) in [7, 11) is -2.34. The lowest BCUT2D eigenvalue weighted by molar-refractivity contribution is -0.114. The summed E-state index contributed by atoms with van der Waals surface area (Å²) in [5, 5.41) is 0.216. The third-order valence-corrected chi connectivity index (χ3v) is 6.34. The average Bonchev–Trinajstić information content (AvgIpc) is 2.65. The largest absolute Gasteiger partial charge is 0.492 e. The number of hydrogen-bond acceptors (Lipinski definition) is 4. The fraction of sp³-hybridized carbons (Fsp3) is 0.300. The average molecular weight is 389 g/mol. The highest BCUT2D eigenvalue weighted by Gasteiger charge is 2.30. The van der Waals surface area contributed by atoms with Gasteiger partial charge in [-0.2, -0.15) is 0 Å². The Labute approximate surface area is 157 Å². The van der Waals surface area contributed by atoms with Gasteiger partial charge in [0.1, 0.15) is 19.4 Å². The highest BCUT2D eigenvalue weighted by Crippen LogP contribution is 2.37. The van der Waals surface area contributed by atoms with Gasteiger partial charge in [0.2, 0.25) is 0 Å². The van der Waals surface area contributed by atoms with Gasteiger partial charge in [0, 0.05) is 18.1 Å². The van der Waals surface area contributed by atoms with Gasteiger partial charge in [-0.3, -0.25) is 9.59 Å². The highest BCUT2D eigenvalue weighted by atomic mass is 31.1. The molecule has 0 aliphatic carbocycles. The van der Waals surface area contributed by atoms with E-state index in [0.717, 1.165) is 24.5 Å². The zero-order valence-corrected chi connectivity index (χ0v) is 16.0. The second-order valence-electron chi connectivity index (χ2n) is 6.55. The molecule has 1 aliphatic heterocycles. The molecular formula is C20H21FNO4P. The minimum absolute atomic E-state index is 0.0351. The van der Waals surface area contributed by atoms with Gasteiger partial charge in [0.05, 0.1) is 17.5 Å². The summed E-state index contributed by atoms with van der Waals surface area (Å²) in [5.41, 5.74) is 7.11. The number of aryl methyl sites for hydroxylation is 1. The van der Waals surface area contributed by atoms with Crippen molar-refractivity contribution in [3.05, 3.63) is 58.4 Å². The van der Waals surface area contributed by atoms with Crippen LogP contribution in [0.25, 0.3) is 0 Å². The van der Waals surface area contributed by atoms with E-state index in [-0.39, 0.29) is 41.4 Å². The molecule has 0 radical (unpaired) electrons. The summed E-state index contributed by atoms with van der Waals surface area (Å²) in [6, 6.07) is 8.79. The third-order valence-electron chi connectivity index (χ3n) is 4.60. The molecule has 2 N–H and O–H groups in total. The lowest BCUT2D eigenvalue weighted by Crippen LogP contribution is -2.29. The smallest absolute Gasteiger partial charge is 0.289 e. The van der Waals surface area contributed by atoms with Crippen molar-refractivity contribution in [1.29, 1.82) is 0 Å². The minimum Gasteiger partial charge on any atom is -0.492 e. The first kappa shape index (κ1) is 19.3. The van der Waals surface area contributed by atoms with Crippen LogP contribution >= 0.6 is 7.80 Å². The molecule has 142 valence electrons. The second kappa shape index (κ2) is 8.05. The molecule has 1 unspecified atom stereocenters. The number of amides is 1. The maximum atomic E-state index is 14.8. The Balaban J connectivity index is 2.06. The number of rotatable bonds is 6. The van der Waals surface area contributed by atoms with E-state index in [1.807, 2.05) is 24.3 Å². The fourth-order valence-electron chi connectivity index (χ4n) is 3.28. The van der Waals surface area contributed by atoms with Gasteiger partial charge >= 0.3 is 0 Å². The second-order valence-corrected chi connectivity index (χ2v) is 8.39. The SMILES string of the molecule is CCCc1ccc(Cc2c(F)cc(C(=O)C(N)=O)c3c2[PH](=O)CCO3)cc1. The van der Waals surface area contributed by atoms with Crippen LogP contribution in [0.15, 0.2) is 30.3 Å². The van der Waals surface area contributed by atoms with Gasteiger partial charge in [-0.05, 0) is 23.6 Å². The van der Waals surface area contributed by atoms with Crippen molar-refractivity contribution in [3.8, 4) is 5.75 Å². The number of carbonyl (C=O) groups excluding carboxylic acids is 2. The normalized spacial score (nSPS) is 15.7. The molecule has 1 aliphatic rings. The van der Waals surface area contributed by atoms with Gasteiger partial charge < -0.3 is 15.0 Å². The lowest BCUT2D eigenvalue weighted by atomic mass is 9.98. The van der Waals surface area contributed by atoms with Crippen molar-refractivity contribution in [2.75, 3.05) is 12.8 Å². The minimum atomic E-state index is -2.34. The monoisotopic (exact) mass is 389 g/mol. The predicted octanol–water partition coefficient (Wildman–Crippen LogP) is 2.61. The van der Waals surface area contributed by atoms with Gasteiger partial charge in [-0.25, -0.2) is 4.39 Å². The van der Waals surface area contributed by atoms with Crippen molar-refractivity contribution >= 4 is 24.8 Å². The molecule has 0 bridgehead atoms. The number of ether oxygens (including phenoxy) is 1. The summed E-state index contributed by atoms with van der Waals surface area (Å²) in [6.07, 6.45) is 2.50. The van der Waals surface area contributed by atoms with Crippen LogP contribution < -0.4 is 15.8 Å². The number of benzene rings is 2. The molecule has 3 rings (SSSR count). The number of halogens is 1. The standard InChI is InChI=1S/C20H21FNO4P/c1-2-3-12-4-6-13(7-5-12)10-14-16(21)11-15(17(23)20(22)24)18-19(14)27(25)9-8-26-18/h4-7,11,27H,2-3,8-10H2,1H3,(H2,22,24). The van der Waals surface area contributed by atoms with E-state index in [2.05, 4.69) is 6.92 Å². The molecule has 1 heterocycles. The summed E-state index contributed by atoms with van der Waals surface area (Å²) >= 11 is 0. The molecule has 7 heteroatoms. The molecule has 5 nitrogen and oxygen atoms in total. The molecule has 0 spiro atoms. The molecule has 0 aromatic heterocycles. The van der Waals surface area contributed by atoms with Crippen LogP contribution in [0.2, 0.25) is 0 Å². The molecule has 27 heavy (non-hydrogen) atoms. The van der Waals surface area contributed by atoms with Crippen LogP contribution in [0, 0.1) is 5.82 Å². The van der Waals surface area contributed by atoms with Crippen LogP contribution in [-0.4, -0.2) is 24.5 Å². The van der Waals surface area contributed by atoms with Crippen molar-refractivity contribution in [1.82, 2.24) is 0 Å². The first-order valence-electron chi connectivity index (χ1n) is 8.85. The number of carbonyl (C=O) groups is 2. The van der Waals surface area contributed by atoms with Crippen molar-refractivity contribution in [3.63, 3.8) is 0 Å². The van der Waals surface area contributed by atoms with Gasteiger partial charge in [0.25, 0.3) is 11.7 Å². The van der Waals surface area contributed by atoms with Gasteiger partial charge in [-0.1, -0.05) is 37.6 Å². The van der Waals surface area contributed by atoms with E-state index >= 15 is 0 Å². The molecule has 1 atom stereocenters. The zero-order chi connectivity index (χ0) is 19.6. The van der Waals surface area contributed by atoms with E-state index in [9.17, 15) is 18.5 Å². The van der Waals surface area contributed by atoms with Crippen LogP contribution in [0.1, 0.15) is 40.4 Å². The molecule has 2 aromatic carbocycles. The van der Waals surface area contributed by atoms with E-state index in [1.54, 1.807) is 0 Å². The maximum Gasteiger partial charge on any atom is 0.289 e. The molecule has 0 saturated heterocycles. The van der Waals surface area contributed by atoms with Crippen molar-refractivity contribution in [2.45, 2.75) is 26.2 Å². The summed E-state index contributed by atoms with van der Waals surface area (Å²) in [5.74, 6) is -2.89. The Morgan fingerprint density at radius 3 is 2.52 bits per heavy atom. The fourth-order valence-corrected chi connectivity index (χ4v) is 4.82. The predicted molar refractivity (Wildman–Crippen MR) is 102 cm³/mol. The maximum absolute atomic E-state index is 14.8. The molecule has 0 saturated carbocycles. The molecule has 0 fully saturated rings. The van der Waals surface area contributed by atoms with E-state index in [4.69, 9.17) is 10.5 Å². The summed E-state index contributed by atoms with van der Waals surface area (Å²) in [4.78, 5) is 23.3. The van der Waals surface area contributed by atoms with E-state index in [1.165, 1.54) is 5.56 Å². The number of hydrogen-bond donors (Lipinski definition) is 1. The first-order chi connectivity index (χ1) is 12.9. The van der Waals surface area contributed by atoms with Crippen LogP contribution in [0.5, 0.6) is 5.75 Å². The number of primary amides is 1. The Morgan fingerprint density at radius 2 is 1.89 bits per heavy atom. The Hall–Kier alpha value is -2.46. The van der Waals surface area contributed by atoms with E-state index < -0.39 is 25.3 Å². The molecular weight excluding hydrogens is 368 g/mol. The van der Waals surface area contributed by atoms with Gasteiger partial charge in [-0.15, -0.1) is 0 Å². The van der Waals surface area contributed by atoms with Crippen LogP contribution in [0.4, 0.5) is 4.39 Å². The molecule has 2 aromatic rings. The number of fused-ring (bicyclic) bond motifs is 1. The first-order valence-corrected chi connectivity index (χ1v) is 10.5. The summed E-state index contributed by atoms with van der Waals surface area (Å²) in [6.45, 7) is 2.25. The highest BCUT2D eigenvalue weighted by molar-refractivity contribution is 7.54. The van der Waals surface area contributed by atoms with Crippen LogP contribution in [0.3, 0.4) is 0 Å². The van der Waals surface area contributed by atoms with Crippen molar-refractivity contribution in [2.24, 2.45) is 5.73 Å². The Morgan fingerprint density at radius 1 is 1.22 bits per heavy atom. The topological polar surface area (TPSA) is 86.5 Å². The van der Waals surface area contributed by atoms with Gasteiger partial charge in [0.15, 0.2) is 0 Å². The van der Waals surface area contributed by atoms with Crippen molar-refractivity contribution < 1.29 is 23.3 Å². The Bertz CT molecular complexity index is 925.